The Labute approximate surface area is 90.7 Å². The molecular formula is C12H17ClO. The predicted molar refractivity (Wildman–Crippen MR) is 60.7 cm³/mol. The second kappa shape index (κ2) is 4.33. The van der Waals surface area contributed by atoms with Crippen LogP contribution in [0.3, 0.4) is 0 Å². The van der Waals surface area contributed by atoms with Gasteiger partial charge in [-0.2, -0.15) is 0 Å². The van der Waals surface area contributed by atoms with Crippen LogP contribution in [0.1, 0.15) is 32.3 Å². The van der Waals surface area contributed by atoms with E-state index in [0.29, 0.717) is 0 Å². The van der Waals surface area contributed by atoms with Crippen LogP contribution in [0.25, 0.3) is 0 Å². The molecule has 0 saturated carbocycles. The number of benzene rings is 1. The third-order valence-corrected chi connectivity index (χ3v) is 2.71. The molecule has 0 aliphatic rings. The van der Waals surface area contributed by atoms with Crippen molar-refractivity contribution in [1.82, 2.24) is 0 Å². The number of aliphatic hydroxyl groups is 1. The molecule has 1 aromatic carbocycles. The Balaban J connectivity index is 3.01. The molecule has 0 saturated heterocycles. The first-order valence-electron chi connectivity index (χ1n) is 4.81. The predicted octanol–water partition coefficient (Wildman–Crippen LogP) is 3.46. The van der Waals surface area contributed by atoms with Crippen molar-refractivity contribution in [3.8, 4) is 0 Å². The van der Waals surface area contributed by atoms with Crippen molar-refractivity contribution in [2.75, 3.05) is 6.61 Å². The van der Waals surface area contributed by atoms with E-state index in [1.807, 2.05) is 24.3 Å². The lowest BCUT2D eigenvalue weighted by Gasteiger charge is -2.29. The molecule has 1 N–H and O–H groups in total. The molecule has 14 heavy (non-hydrogen) atoms. The molecule has 2 heteroatoms. The van der Waals surface area contributed by atoms with E-state index >= 15 is 0 Å². The monoisotopic (exact) mass is 212 g/mol. The quantitative estimate of drug-likeness (QED) is 0.796. The van der Waals surface area contributed by atoms with E-state index in [9.17, 15) is 5.11 Å². The molecule has 0 spiro atoms. The summed E-state index contributed by atoms with van der Waals surface area (Å²) in [4.78, 5) is 0. The molecule has 0 heterocycles. The van der Waals surface area contributed by atoms with Gasteiger partial charge in [-0.25, -0.2) is 0 Å². The summed E-state index contributed by atoms with van der Waals surface area (Å²) in [7, 11) is 0. The Morgan fingerprint density at radius 2 is 2.00 bits per heavy atom. The molecule has 0 amide bonds. The maximum absolute atomic E-state index is 9.36. The van der Waals surface area contributed by atoms with Gasteiger partial charge in [-0.15, -0.1) is 0 Å². The number of halogens is 1. The minimum atomic E-state index is 0.0550. The van der Waals surface area contributed by atoms with E-state index in [1.54, 1.807) is 0 Å². The van der Waals surface area contributed by atoms with Gasteiger partial charge >= 0.3 is 0 Å². The zero-order chi connectivity index (χ0) is 10.8. The number of aliphatic hydroxyl groups excluding tert-OH is 1. The Morgan fingerprint density at radius 1 is 1.36 bits per heavy atom. The zero-order valence-corrected chi connectivity index (χ0v) is 9.67. The highest BCUT2D eigenvalue weighted by molar-refractivity contribution is 6.30. The van der Waals surface area contributed by atoms with Gasteiger partial charge in [0.25, 0.3) is 0 Å². The first kappa shape index (κ1) is 11.5. The second-order valence-electron chi connectivity index (χ2n) is 4.66. The molecule has 0 aromatic heterocycles. The normalized spacial score (nSPS) is 14.1. The van der Waals surface area contributed by atoms with Crippen LogP contribution >= 0.6 is 11.6 Å². The second-order valence-corrected chi connectivity index (χ2v) is 5.09. The highest BCUT2D eigenvalue weighted by Crippen LogP contribution is 2.35. The van der Waals surface area contributed by atoms with Crippen molar-refractivity contribution in [3.05, 3.63) is 34.9 Å². The largest absolute Gasteiger partial charge is 0.396 e. The van der Waals surface area contributed by atoms with Gasteiger partial charge in [-0.05, 0) is 23.1 Å². The van der Waals surface area contributed by atoms with Crippen molar-refractivity contribution in [2.45, 2.75) is 26.7 Å². The molecule has 1 aromatic rings. The van der Waals surface area contributed by atoms with Gasteiger partial charge in [0.05, 0.1) is 6.61 Å². The molecule has 1 atom stereocenters. The Morgan fingerprint density at radius 3 is 2.43 bits per heavy atom. The lowest BCUT2D eigenvalue weighted by atomic mass is 9.77. The summed E-state index contributed by atoms with van der Waals surface area (Å²) < 4.78 is 0. The molecule has 1 rings (SSSR count). The zero-order valence-electron chi connectivity index (χ0n) is 8.92. The van der Waals surface area contributed by atoms with E-state index in [4.69, 9.17) is 11.6 Å². The maximum Gasteiger partial charge on any atom is 0.0504 e. The van der Waals surface area contributed by atoms with Gasteiger partial charge < -0.3 is 5.11 Å². The topological polar surface area (TPSA) is 20.2 Å². The summed E-state index contributed by atoms with van der Waals surface area (Å²) in [6, 6.07) is 7.71. The summed E-state index contributed by atoms with van der Waals surface area (Å²) in [6.45, 7) is 6.52. The third kappa shape index (κ3) is 2.73. The van der Waals surface area contributed by atoms with Crippen molar-refractivity contribution in [1.29, 1.82) is 0 Å². The first-order valence-corrected chi connectivity index (χ1v) is 5.19. The van der Waals surface area contributed by atoms with E-state index in [1.165, 1.54) is 0 Å². The smallest absolute Gasteiger partial charge is 0.0504 e. The fourth-order valence-electron chi connectivity index (χ4n) is 1.60. The van der Waals surface area contributed by atoms with Gasteiger partial charge in [0, 0.05) is 10.9 Å². The highest BCUT2D eigenvalue weighted by atomic mass is 35.5. The molecule has 1 nitrogen and oxygen atoms in total. The summed E-state index contributed by atoms with van der Waals surface area (Å²) in [5, 5.41) is 10.1. The third-order valence-electron chi connectivity index (χ3n) is 2.48. The minimum absolute atomic E-state index is 0.0550. The average molecular weight is 213 g/mol. The van der Waals surface area contributed by atoms with Crippen LogP contribution < -0.4 is 0 Å². The fraction of sp³-hybridized carbons (Fsp3) is 0.500. The van der Waals surface area contributed by atoms with Gasteiger partial charge in [0.1, 0.15) is 0 Å². The van der Waals surface area contributed by atoms with Gasteiger partial charge in [0.15, 0.2) is 0 Å². The fourth-order valence-corrected chi connectivity index (χ4v) is 1.80. The molecule has 0 aliphatic heterocycles. The summed E-state index contributed by atoms with van der Waals surface area (Å²) in [5.41, 5.74) is 1.16. The average Bonchev–Trinajstić information content (AvgIpc) is 2.02. The van der Waals surface area contributed by atoms with E-state index in [0.717, 1.165) is 10.6 Å². The van der Waals surface area contributed by atoms with Crippen molar-refractivity contribution >= 4 is 11.6 Å². The van der Waals surface area contributed by atoms with Crippen LogP contribution in [0.15, 0.2) is 24.3 Å². The van der Waals surface area contributed by atoms with Crippen LogP contribution in [0.5, 0.6) is 0 Å². The Bertz CT molecular complexity index is 301. The number of rotatable bonds is 2. The Hall–Kier alpha value is -0.530. The number of hydrogen-bond donors (Lipinski definition) is 1. The molecule has 0 aliphatic carbocycles. The van der Waals surface area contributed by atoms with Crippen molar-refractivity contribution < 1.29 is 5.11 Å². The molecule has 0 radical (unpaired) electrons. The van der Waals surface area contributed by atoms with Crippen LogP contribution in [-0.4, -0.2) is 11.7 Å². The molecule has 1 unspecified atom stereocenters. The van der Waals surface area contributed by atoms with Crippen LogP contribution in [0, 0.1) is 5.41 Å². The standard InChI is InChI=1S/C12H17ClO/c1-12(2,3)11(8-14)9-5-4-6-10(13)7-9/h4-7,11,14H,8H2,1-3H3. The summed E-state index contributed by atoms with van der Waals surface area (Å²) >= 11 is 5.91. The first-order chi connectivity index (χ1) is 6.45. The van der Waals surface area contributed by atoms with Crippen LogP contribution in [-0.2, 0) is 0 Å². The van der Waals surface area contributed by atoms with Gasteiger partial charge in [0.2, 0.25) is 0 Å². The lowest BCUT2D eigenvalue weighted by molar-refractivity contribution is 0.187. The Kier molecular flexibility index (Phi) is 3.57. The van der Waals surface area contributed by atoms with Crippen molar-refractivity contribution in [3.63, 3.8) is 0 Å². The van der Waals surface area contributed by atoms with E-state index < -0.39 is 0 Å². The molecular weight excluding hydrogens is 196 g/mol. The molecule has 0 bridgehead atoms. The minimum Gasteiger partial charge on any atom is -0.396 e. The maximum atomic E-state index is 9.36. The lowest BCUT2D eigenvalue weighted by Crippen LogP contribution is -2.21. The highest BCUT2D eigenvalue weighted by Gasteiger charge is 2.25. The SMILES string of the molecule is CC(C)(C)C(CO)c1cccc(Cl)c1. The van der Waals surface area contributed by atoms with E-state index in [2.05, 4.69) is 20.8 Å². The summed E-state index contributed by atoms with van der Waals surface area (Å²) in [6.07, 6.45) is 0. The molecule has 0 fully saturated rings. The summed E-state index contributed by atoms with van der Waals surface area (Å²) in [5.74, 6) is 0.140. The van der Waals surface area contributed by atoms with E-state index in [-0.39, 0.29) is 17.9 Å². The van der Waals surface area contributed by atoms with Crippen LogP contribution in [0.2, 0.25) is 5.02 Å². The van der Waals surface area contributed by atoms with Gasteiger partial charge in [-0.1, -0.05) is 44.5 Å². The van der Waals surface area contributed by atoms with Crippen LogP contribution in [0.4, 0.5) is 0 Å². The number of hydrogen-bond acceptors (Lipinski definition) is 1. The molecule has 78 valence electrons. The van der Waals surface area contributed by atoms with Crippen molar-refractivity contribution in [2.24, 2.45) is 5.41 Å². The van der Waals surface area contributed by atoms with Gasteiger partial charge in [-0.3, -0.25) is 0 Å².